The second kappa shape index (κ2) is 17.4. The second-order valence-corrected chi connectivity index (χ2v) is 17.7. The highest BCUT2D eigenvalue weighted by atomic mass is 32.2. The zero-order valence-electron chi connectivity index (χ0n) is 32.4. The molecule has 0 aromatic heterocycles. The number of aliphatic carboxylic acids is 1. The zero-order valence-corrected chi connectivity index (χ0v) is 33.2. The minimum Gasteiger partial charge on any atom is -0.479 e. The summed E-state index contributed by atoms with van der Waals surface area (Å²) in [5, 5.41) is 16.0. The number of allylic oxidation sites excluding steroid dienone is 1. The first-order valence-electron chi connectivity index (χ1n) is 18.9. The first-order valence-corrected chi connectivity index (χ1v) is 19.9. The van der Waals surface area contributed by atoms with Crippen molar-refractivity contribution in [2.75, 3.05) is 12.3 Å². The predicted octanol–water partition coefficient (Wildman–Crippen LogP) is 8.49. The van der Waals surface area contributed by atoms with Crippen molar-refractivity contribution in [1.29, 1.82) is 0 Å². The predicted molar refractivity (Wildman–Crippen MR) is 213 cm³/mol. The minimum atomic E-state index is -1.47. The third-order valence-corrected chi connectivity index (χ3v) is 12.1. The van der Waals surface area contributed by atoms with Crippen LogP contribution in [-0.2, 0) is 23.9 Å². The highest BCUT2D eigenvalue weighted by Crippen LogP contribution is 2.50. The molecule has 10 heteroatoms. The van der Waals surface area contributed by atoms with Gasteiger partial charge in [-0.15, -0.1) is 24.9 Å². The van der Waals surface area contributed by atoms with Crippen LogP contribution in [0.3, 0.4) is 0 Å². The molecule has 2 aromatic rings. The van der Waals surface area contributed by atoms with Crippen molar-refractivity contribution >= 4 is 35.6 Å². The maximum atomic E-state index is 15.1. The molecule has 1 aliphatic carbocycles. The molecule has 1 heterocycles. The fourth-order valence-corrected chi connectivity index (χ4v) is 8.89. The molecule has 2 fully saturated rings. The number of thioether (sulfide) groups is 1. The van der Waals surface area contributed by atoms with E-state index in [-0.39, 0.29) is 19.4 Å². The number of carbonyl (C=O) groups is 4. The SMILES string of the molecule is C=CCCCCC(C)(C)C(NC(=O)OC(C)(C)C)C(=O)N1C[C@](SCCCC)(c2ccc(-c3ccccc3)cc2)C[C@H]1C(=O)NC1(C(=O)O)CC1C=C. The number of hydrogen-bond acceptors (Lipinski definition) is 6. The molecule has 1 saturated carbocycles. The largest absolute Gasteiger partial charge is 0.479 e. The zero-order chi connectivity index (χ0) is 39.0. The smallest absolute Gasteiger partial charge is 0.408 e. The van der Waals surface area contributed by atoms with Gasteiger partial charge in [0.05, 0.1) is 4.75 Å². The topological polar surface area (TPSA) is 125 Å². The molecule has 3 amide bonds. The Balaban J connectivity index is 1.79. The van der Waals surface area contributed by atoms with Crippen molar-refractivity contribution in [1.82, 2.24) is 15.5 Å². The van der Waals surface area contributed by atoms with Gasteiger partial charge in [0.25, 0.3) is 0 Å². The fraction of sp³-hybridized carbons (Fsp3) is 0.535. The van der Waals surface area contributed by atoms with E-state index >= 15 is 4.79 Å². The molecule has 3 N–H and O–H groups in total. The maximum Gasteiger partial charge on any atom is 0.408 e. The van der Waals surface area contributed by atoms with Crippen LogP contribution in [0.4, 0.5) is 4.79 Å². The van der Waals surface area contributed by atoms with Gasteiger partial charge in [-0.05, 0) is 87.2 Å². The molecular formula is C43H59N3O6S. The maximum absolute atomic E-state index is 15.1. The lowest BCUT2D eigenvalue weighted by Crippen LogP contribution is -2.60. The Morgan fingerprint density at radius 3 is 2.21 bits per heavy atom. The lowest BCUT2D eigenvalue weighted by molar-refractivity contribution is -0.146. The Bertz CT molecular complexity index is 1620. The number of rotatable bonds is 18. The molecule has 4 rings (SSSR count). The Morgan fingerprint density at radius 1 is 0.981 bits per heavy atom. The number of carbonyl (C=O) groups excluding carboxylic acids is 3. The summed E-state index contributed by atoms with van der Waals surface area (Å²) in [4.78, 5) is 57.1. The Labute approximate surface area is 320 Å². The molecule has 0 radical (unpaired) electrons. The van der Waals surface area contributed by atoms with E-state index < -0.39 is 63.2 Å². The first kappa shape index (κ1) is 41.7. The van der Waals surface area contributed by atoms with Gasteiger partial charge in [0.15, 0.2) is 0 Å². The number of likely N-dealkylation sites (tertiary alicyclic amines) is 1. The van der Waals surface area contributed by atoms with Gasteiger partial charge in [-0.1, -0.05) is 100 Å². The number of nitrogens with zero attached hydrogens (tertiary/aromatic N) is 1. The molecule has 2 aromatic carbocycles. The molecule has 53 heavy (non-hydrogen) atoms. The van der Waals surface area contributed by atoms with Crippen molar-refractivity contribution in [3.8, 4) is 11.1 Å². The van der Waals surface area contributed by atoms with Gasteiger partial charge in [-0.2, -0.15) is 0 Å². The Hall–Kier alpha value is -4.05. The number of amides is 3. The Kier molecular flexibility index (Phi) is 13.7. The van der Waals surface area contributed by atoms with E-state index in [9.17, 15) is 19.5 Å². The number of ether oxygens (including phenoxy) is 1. The molecule has 0 bridgehead atoms. The number of carboxylic acids is 1. The average Bonchev–Trinajstić information content (AvgIpc) is 3.70. The monoisotopic (exact) mass is 745 g/mol. The van der Waals surface area contributed by atoms with Gasteiger partial charge < -0.3 is 25.4 Å². The standard InChI is InChI=1S/C43H59N3O6S/c1-9-12-14-18-25-41(7,8)35(44-39(51)52-40(4,5)6)37(48)46-29-42(53-26-13-10-2,33-23-21-31(22-24-33)30-19-16-15-17-20-30)28-34(46)36(47)45-43(38(49)50)27-32(43)11-3/h9,11,15-17,19-24,32,34-35H,1,3,10,12-14,18,25-29H2,2,4-8H3,(H,44,51)(H,45,47)(H,49,50)/t32?,34-,35?,42-,43?/m0/s1. The summed E-state index contributed by atoms with van der Waals surface area (Å²) in [5.74, 6) is -1.66. The van der Waals surface area contributed by atoms with E-state index in [1.165, 1.54) is 0 Å². The summed E-state index contributed by atoms with van der Waals surface area (Å²) in [6, 6.07) is 16.4. The van der Waals surface area contributed by atoms with Crippen LogP contribution in [0.25, 0.3) is 11.1 Å². The molecule has 0 spiro atoms. The van der Waals surface area contributed by atoms with Crippen LogP contribution < -0.4 is 10.6 Å². The lowest BCUT2D eigenvalue weighted by atomic mass is 9.78. The second-order valence-electron chi connectivity index (χ2n) is 16.2. The van der Waals surface area contributed by atoms with Crippen LogP contribution in [0.2, 0.25) is 0 Å². The van der Waals surface area contributed by atoms with Crippen molar-refractivity contribution in [3.05, 3.63) is 85.5 Å². The normalized spacial score (nSPS) is 23.1. The molecule has 9 nitrogen and oxygen atoms in total. The van der Waals surface area contributed by atoms with Crippen LogP contribution in [0.15, 0.2) is 79.9 Å². The summed E-state index contributed by atoms with van der Waals surface area (Å²) in [7, 11) is 0. The highest BCUT2D eigenvalue weighted by molar-refractivity contribution is 8.00. The van der Waals surface area contributed by atoms with Gasteiger partial charge in [-0.25, -0.2) is 9.59 Å². The molecule has 1 aliphatic heterocycles. The summed E-state index contributed by atoms with van der Waals surface area (Å²) in [6.07, 6.45) is 8.28. The van der Waals surface area contributed by atoms with E-state index in [1.54, 1.807) is 43.5 Å². The quantitative estimate of drug-likeness (QED) is 0.103. The van der Waals surface area contributed by atoms with Gasteiger partial charge >= 0.3 is 12.1 Å². The number of carboxylic acid groups (broad SMARTS) is 1. The van der Waals surface area contributed by atoms with Crippen LogP contribution in [0.5, 0.6) is 0 Å². The third-order valence-electron chi connectivity index (χ3n) is 10.5. The minimum absolute atomic E-state index is 0.201. The van der Waals surface area contributed by atoms with E-state index in [0.717, 1.165) is 54.5 Å². The highest BCUT2D eigenvalue weighted by Gasteiger charge is 2.62. The van der Waals surface area contributed by atoms with Gasteiger partial charge in [0, 0.05) is 12.5 Å². The number of hydrogen-bond donors (Lipinski definition) is 3. The van der Waals surface area contributed by atoms with Crippen molar-refractivity contribution in [2.45, 2.75) is 121 Å². The van der Waals surface area contributed by atoms with Gasteiger partial charge in [0.2, 0.25) is 11.8 Å². The average molecular weight is 746 g/mol. The van der Waals surface area contributed by atoms with Crippen molar-refractivity contribution in [2.24, 2.45) is 11.3 Å². The summed E-state index contributed by atoms with van der Waals surface area (Å²) < 4.78 is 4.97. The third kappa shape index (κ3) is 10.1. The number of nitrogens with one attached hydrogen (secondary N) is 2. The molecule has 5 atom stereocenters. The fourth-order valence-electron chi connectivity index (χ4n) is 7.26. The first-order chi connectivity index (χ1) is 25.0. The Morgan fingerprint density at radius 2 is 1.64 bits per heavy atom. The van der Waals surface area contributed by atoms with E-state index in [4.69, 9.17) is 4.74 Å². The van der Waals surface area contributed by atoms with Gasteiger partial charge in [0.1, 0.15) is 23.2 Å². The summed E-state index contributed by atoms with van der Waals surface area (Å²) >= 11 is 1.73. The van der Waals surface area contributed by atoms with Crippen molar-refractivity contribution in [3.63, 3.8) is 0 Å². The molecule has 2 aliphatic rings. The number of benzene rings is 2. The van der Waals surface area contributed by atoms with Crippen LogP contribution in [0.1, 0.15) is 98.5 Å². The van der Waals surface area contributed by atoms with Crippen LogP contribution in [-0.4, -0.2) is 69.4 Å². The number of unbranched alkanes of at least 4 members (excludes halogenated alkanes) is 3. The van der Waals surface area contributed by atoms with Gasteiger partial charge in [-0.3, -0.25) is 9.59 Å². The van der Waals surface area contributed by atoms with E-state index in [0.29, 0.717) is 6.42 Å². The van der Waals surface area contributed by atoms with Crippen LogP contribution >= 0.6 is 11.8 Å². The molecule has 288 valence electrons. The van der Waals surface area contributed by atoms with E-state index in [2.05, 4.69) is 67.1 Å². The molecule has 3 unspecified atom stereocenters. The lowest BCUT2D eigenvalue weighted by Gasteiger charge is -2.38. The molecule has 1 saturated heterocycles. The molecular weight excluding hydrogens is 687 g/mol. The van der Waals surface area contributed by atoms with Crippen LogP contribution in [0, 0.1) is 11.3 Å². The number of alkyl carbamates (subject to hydrolysis) is 1. The van der Waals surface area contributed by atoms with E-state index in [1.807, 2.05) is 38.1 Å². The van der Waals surface area contributed by atoms with Crippen molar-refractivity contribution < 1.29 is 29.0 Å². The summed E-state index contributed by atoms with van der Waals surface area (Å²) in [5.41, 5.74) is 0.130. The summed E-state index contributed by atoms with van der Waals surface area (Å²) in [6.45, 7) is 19.1.